The molecule has 3 rings (SSSR count). The fraction of sp³-hybridized carbons (Fsp3) is 0.211. The van der Waals surface area contributed by atoms with E-state index in [0.717, 1.165) is 20.9 Å². The summed E-state index contributed by atoms with van der Waals surface area (Å²) in [5.74, 6) is -1.59. The van der Waals surface area contributed by atoms with Crippen LogP contribution in [-0.2, 0) is 22.7 Å². The first-order valence-electron chi connectivity index (χ1n) is 8.10. The first kappa shape index (κ1) is 18.1. The molecular formula is C19H18ClN3O3. The molecule has 2 aromatic rings. The molecule has 1 aliphatic heterocycles. The SMILES string of the molecule is CN(Cc1ccc(Cl)cc1)CN1C(=O)C(=O)N(Cc2ccccc2)C1=O. The van der Waals surface area contributed by atoms with E-state index in [1.54, 1.807) is 36.2 Å². The Morgan fingerprint density at radius 1 is 0.846 bits per heavy atom. The topological polar surface area (TPSA) is 60.9 Å². The zero-order valence-electron chi connectivity index (χ0n) is 14.3. The lowest BCUT2D eigenvalue weighted by Gasteiger charge is -2.22. The summed E-state index contributed by atoms with van der Waals surface area (Å²) in [5.41, 5.74) is 1.78. The van der Waals surface area contributed by atoms with Crippen molar-refractivity contribution in [2.45, 2.75) is 13.1 Å². The van der Waals surface area contributed by atoms with E-state index in [0.29, 0.717) is 11.6 Å². The zero-order chi connectivity index (χ0) is 18.7. The summed E-state index contributed by atoms with van der Waals surface area (Å²) in [6, 6.07) is 15.8. The van der Waals surface area contributed by atoms with Gasteiger partial charge in [0.25, 0.3) is 0 Å². The monoisotopic (exact) mass is 371 g/mol. The molecule has 7 heteroatoms. The van der Waals surface area contributed by atoms with Crippen molar-refractivity contribution in [3.8, 4) is 0 Å². The van der Waals surface area contributed by atoms with Gasteiger partial charge in [0.2, 0.25) is 0 Å². The van der Waals surface area contributed by atoms with Gasteiger partial charge >= 0.3 is 17.8 Å². The second-order valence-electron chi connectivity index (χ2n) is 6.17. The normalized spacial score (nSPS) is 14.7. The van der Waals surface area contributed by atoms with E-state index in [9.17, 15) is 14.4 Å². The lowest BCUT2D eigenvalue weighted by Crippen LogP contribution is -2.40. The van der Waals surface area contributed by atoms with E-state index < -0.39 is 17.8 Å². The average molecular weight is 372 g/mol. The van der Waals surface area contributed by atoms with E-state index >= 15 is 0 Å². The highest BCUT2D eigenvalue weighted by molar-refractivity contribution is 6.44. The highest BCUT2D eigenvalue weighted by atomic mass is 35.5. The first-order valence-corrected chi connectivity index (χ1v) is 8.48. The van der Waals surface area contributed by atoms with Crippen LogP contribution in [0.4, 0.5) is 4.79 Å². The van der Waals surface area contributed by atoms with Crippen LogP contribution in [0.25, 0.3) is 0 Å². The van der Waals surface area contributed by atoms with Crippen molar-refractivity contribution in [1.82, 2.24) is 14.7 Å². The smallest absolute Gasteiger partial charge is 0.284 e. The Kier molecular flexibility index (Phi) is 5.35. The fourth-order valence-electron chi connectivity index (χ4n) is 2.77. The van der Waals surface area contributed by atoms with Gasteiger partial charge in [0, 0.05) is 11.6 Å². The van der Waals surface area contributed by atoms with Crippen LogP contribution in [0.15, 0.2) is 54.6 Å². The van der Waals surface area contributed by atoms with Gasteiger partial charge in [-0.2, -0.15) is 0 Å². The molecule has 6 nitrogen and oxygen atoms in total. The van der Waals surface area contributed by atoms with Gasteiger partial charge < -0.3 is 0 Å². The van der Waals surface area contributed by atoms with Crippen molar-refractivity contribution in [1.29, 1.82) is 0 Å². The molecule has 0 unspecified atom stereocenters. The van der Waals surface area contributed by atoms with Gasteiger partial charge in [-0.25, -0.2) is 9.69 Å². The van der Waals surface area contributed by atoms with Crippen LogP contribution in [0.5, 0.6) is 0 Å². The molecule has 0 radical (unpaired) electrons. The van der Waals surface area contributed by atoms with Gasteiger partial charge in [0.05, 0.1) is 13.2 Å². The Hall–Kier alpha value is -2.70. The van der Waals surface area contributed by atoms with Gasteiger partial charge in [-0.3, -0.25) is 19.4 Å². The van der Waals surface area contributed by atoms with Crippen molar-refractivity contribution >= 4 is 29.4 Å². The Morgan fingerprint density at radius 3 is 2.12 bits per heavy atom. The number of benzene rings is 2. The Balaban J connectivity index is 1.66. The summed E-state index contributed by atoms with van der Waals surface area (Å²) < 4.78 is 0. The molecular weight excluding hydrogens is 354 g/mol. The van der Waals surface area contributed by atoms with Crippen LogP contribution < -0.4 is 0 Å². The predicted octanol–water partition coefficient (Wildman–Crippen LogP) is 2.72. The van der Waals surface area contributed by atoms with Gasteiger partial charge in [0.1, 0.15) is 0 Å². The second kappa shape index (κ2) is 7.68. The summed E-state index contributed by atoms with van der Waals surface area (Å²) in [5, 5.41) is 0.642. The molecule has 1 saturated heterocycles. The number of amides is 4. The predicted molar refractivity (Wildman–Crippen MR) is 97.0 cm³/mol. The van der Waals surface area contributed by atoms with Crippen LogP contribution in [0, 0.1) is 0 Å². The molecule has 4 amide bonds. The third-order valence-electron chi connectivity index (χ3n) is 4.07. The molecule has 0 atom stereocenters. The van der Waals surface area contributed by atoms with E-state index in [1.165, 1.54) is 0 Å². The average Bonchev–Trinajstić information content (AvgIpc) is 2.83. The largest absolute Gasteiger partial charge is 0.335 e. The number of halogens is 1. The molecule has 1 heterocycles. The van der Waals surface area contributed by atoms with Gasteiger partial charge in [-0.15, -0.1) is 0 Å². The molecule has 0 aromatic heterocycles. The Bertz CT molecular complexity index is 824. The van der Waals surface area contributed by atoms with Crippen LogP contribution in [0.3, 0.4) is 0 Å². The summed E-state index contributed by atoms with van der Waals surface area (Å²) in [7, 11) is 1.78. The van der Waals surface area contributed by atoms with Gasteiger partial charge in [0.15, 0.2) is 0 Å². The summed E-state index contributed by atoms with van der Waals surface area (Å²) in [4.78, 5) is 40.7. The molecule has 1 fully saturated rings. The highest BCUT2D eigenvalue weighted by Crippen LogP contribution is 2.17. The maximum atomic E-state index is 12.5. The van der Waals surface area contributed by atoms with Crippen LogP contribution >= 0.6 is 11.6 Å². The third-order valence-corrected chi connectivity index (χ3v) is 4.32. The molecule has 134 valence electrons. The highest BCUT2D eigenvalue weighted by Gasteiger charge is 2.44. The van der Waals surface area contributed by atoms with Crippen molar-refractivity contribution in [2.24, 2.45) is 0 Å². The lowest BCUT2D eigenvalue weighted by atomic mass is 10.2. The van der Waals surface area contributed by atoms with Crippen LogP contribution in [-0.4, -0.2) is 46.3 Å². The minimum atomic E-state index is -0.797. The van der Waals surface area contributed by atoms with Crippen LogP contribution in [0.2, 0.25) is 5.02 Å². The third kappa shape index (κ3) is 3.92. The molecule has 0 aliphatic carbocycles. The quantitative estimate of drug-likeness (QED) is 0.578. The van der Waals surface area contributed by atoms with E-state index in [-0.39, 0.29) is 13.2 Å². The fourth-order valence-corrected chi connectivity index (χ4v) is 2.90. The molecule has 2 aromatic carbocycles. The summed E-state index contributed by atoms with van der Waals surface area (Å²) >= 11 is 5.87. The molecule has 0 spiro atoms. The minimum absolute atomic E-state index is 0.0390. The molecule has 1 aliphatic rings. The first-order chi connectivity index (χ1) is 12.5. The second-order valence-corrected chi connectivity index (χ2v) is 6.61. The molecule has 0 bridgehead atoms. The Labute approximate surface area is 156 Å². The summed E-state index contributed by atoms with van der Waals surface area (Å²) in [6.07, 6.45) is 0. The number of carbonyl (C=O) groups excluding carboxylic acids is 3. The number of hydrogen-bond acceptors (Lipinski definition) is 4. The maximum Gasteiger partial charge on any atom is 0.335 e. The molecule has 0 saturated carbocycles. The minimum Gasteiger partial charge on any atom is -0.284 e. The number of carbonyl (C=O) groups is 3. The summed E-state index contributed by atoms with van der Waals surface area (Å²) in [6.45, 7) is 0.639. The van der Waals surface area contributed by atoms with Crippen molar-refractivity contribution in [3.05, 3.63) is 70.7 Å². The zero-order valence-corrected chi connectivity index (χ0v) is 15.0. The number of hydrogen-bond donors (Lipinski definition) is 0. The van der Waals surface area contributed by atoms with Crippen molar-refractivity contribution in [2.75, 3.05) is 13.7 Å². The van der Waals surface area contributed by atoms with Gasteiger partial charge in [-0.1, -0.05) is 54.1 Å². The van der Waals surface area contributed by atoms with Crippen molar-refractivity contribution in [3.63, 3.8) is 0 Å². The maximum absolute atomic E-state index is 12.5. The number of imide groups is 2. The van der Waals surface area contributed by atoms with Crippen molar-refractivity contribution < 1.29 is 14.4 Å². The number of rotatable bonds is 6. The van der Waals surface area contributed by atoms with E-state index in [4.69, 9.17) is 11.6 Å². The van der Waals surface area contributed by atoms with E-state index in [1.807, 2.05) is 30.3 Å². The number of nitrogens with zero attached hydrogens (tertiary/aromatic N) is 3. The standard InChI is InChI=1S/C19H18ClN3O3/c1-21(11-15-7-9-16(20)10-8-15)13-23-18(25)17(24)22(19(23)26)12-14-5-3-2-4-6-14/h2-10H,11-13H2,1H3. The van der Waals surface area contributed by atoms with Crippen LogP contribution in [0.1, 0.15) is 11.1 Å². The molecule has 0 N–H and O–H groups in total. The Morgan fingerprint density at radius 2 is 1.46 bits per heavy atom. The molecule has 26 heavy (non-hydrogen) atoms. The lowest BCUT2D eigenvalue weighted by molar-refractivity contribution is -0.144. The number of urea groups is 1. The van der Waals surface area contributed by atoms with E-state index in [2.05, 4.69) is 0 Å². The van der Waals surface area contributed by atoms with Gasteiger partial charge in [-0.05, 0) is 30.3 Å².